The van der Waals surface area contributed by atoms with Crippen molar-refractivity contribution in [1.29, 1.82) is 0 Å². The number of hydrogen-bond acceptors (Lipinski definition) is 10. The van der Waals surface area contributed by atoms with E-state index in [9.17, 15) is 17.7 Å². The second kappa shape index (κ2) is 23.4. The lowest BCUT2D eigenvalue weighted by molar-refractivity contribution is -0.0261. The topological polar surface area (TPSA) is 167 Å². The van der Waals surface area contributed by atoms with Gasteiger partial charge in [0.15, 0.2) is 16.8 Å². The summed E-state index contributed by atoms with van der Waals surface area (Å²) in [7, 11) is -5.13. The van der Waals surface area contributed by atoms with E-state index in [0.717, 1.165) is 124 Å². The molecule has 0 bridgehead atoms. The number of hydrogen-bond donors (Lipinski definition) is 2. The molecular formula is C51H69N7O7S2. The van der Waals surface area contributed by atoms with Crippen LogP contribution >= 0.6 is 0 Å². The molecule has 3 aliphatic heterocycles. The van der Waals surface area contributed by atoms with Crippen LogP contribution in [0.5, 0.6) is 0 Å². The van der Waals surface area contributed by atoms with Gasteiger partial charge in [-0.1, -0.05) is 58.9 Å². The maximum atomic E-state index is 13.7. The first-order chi connectivity index (χ1) is 32.5. The minimum atomic E-state index is -3.83. The van der Waals surface area contributed by atoms with E-state index >= 15 is 0 Å². The Morgan fingerprint density at radius 1 is 0.776 bits per heavy atom. The molecule has 362 valence electrons. The van der Waals surface area contributed by atoms with Gasteiger partial charge in [0, 0.05) is 75.0 Å². The number of anilines is 3. The Hall–Kier alpha value is -4.84. The fourth-order valence-electron chi connectivity index (χ4n) is 8.64. The Morgan fingerprint density at radius 3 is 1.96 bits per heavy atom. The zero-order chi connectivity index (χ0) is 47.5. The van der Waals surface area contributed by atoms with Crippen LogP contribution in [0.1, 0.15) is 71.4 Å². The molecule has 16 heteroatoms. The summed E-state index contributed by atoms with van der Waals surface area (Å²) in [5.74, 6) is 1.93. The van der Waals surface area contributed by atoms with E-state index in [0.29, 0.717) is 41.2 Å². The minimum absolute atomic E-state index is 0.0922. The molecule has 6 aromatic rings. The van der Waals surface area contributed by atoms with Gasteiger partial charge in [-0.15, -0.1) is 0 Å². The minimum Gasteiger partial charge on any atom is -0.392 e. The number of aryl methyl sites for hydroxylation is 1. The number of aromatic nitrogens is 4. The molecule has 1 atom stereocenters. The smallest absolute Gasteiger partial charge is 0.264 e. The van der Waals surface area contributed by atoms with Gasteiger partial charge in [0.05, 0.1) is 52.5 Å². The van der Waals surface area contributed by atoms with Crippen molar-refractivity contribution in [3.8, 4) is 0 Å². The van der Waals surface area contributed by atoms with Crippen molar-refractivity contribution in [2.24, 2.45) is 23.7 Å². The summed E-state index contributed by atoms with van der Waals surface area (Å²) < 4.78 is 64.8. The van der Waals surface area contributed by atoms with E-state index < -0.39 is 21.0 Å². The molecule has 14 nitrogen and oxygen atoms in total. The SMILES string of the molecule is CC.CC(C)CN(c1ccc(CO)cc1)S(=O)(=O)c1ccc2c(c1)c(N)nn2CC1CCOCC1.CCc1ccc(N(CC2COC2)S(=O)c2ccc3c(cnn3CC3CCOCC3)c2)cc1. The second-order valence-corrected chi connectivity index (χ2v) is 21.2. The highest BCUT2D eigenvalue weighted by molar-refractivity contribution is 7.92. The van der Waals surface area contributed by atoms with Gasteiger partial charge in [0.2, 0.25) is 0 Å². The molecule has 0 saturated carbocycles. The fourth-order valence-corrected chi connectivity index (χ4v) is 11.6. The van der Waals surface area contributed by atoms with Crippen LogP contribution in [0.15, 0.2) is 101 Å². The van der Waals surface area contributed by atoms with Gasteiger partial charge in [-0.2, -0.15) is 10.2 Å². The Kier molecular flexibility index (Phi) is 17.5. The number of rotatable bonds is 16. The van der Waals surface area contributed by atoms with E-state index in [4.69, 9.17) is 19.9 Å². The van der Waals surface area contributed by atoms with E-state index in [1.165, 1.54) is 9.87 Å². The van der Waals surface area contributed by atoms with Crippen molar-refractivity contribution >= 4 is 60.0 Å². The van der Waals surface area contributed by atoms with Crippen LogP contribution in [0.2, 0.25) is 0 Å². The molecule has 5 heterocycles. The summed E-state index contributed by atoms with van der Waals surface area (Å²) in [5.41, 5.74) is 11.7. The van der Waals surface area contributed by atoms with Gasteiger partial charge in [-0.3, -0.25) is 18.0 Å². The number of aliphatic hydroxyl groups is 1. The third kappa shape index (κ3) is 12.3. The number of aliphatic hydroxyl groups excluding tert-OH is 1. The number of nitrogens with two attached hydrogens (primary N) is 1. The molecule has 4 aromatic carbocycles. The van der Waals surface area contributed by atoms with Crippen LogP contribution < -0.4 is 14.3 Å². The molecule has 2 aromatic heterocycles. The highest BCUT2D eigenvalue weighted by atomic mass is 32.2. The largest absolute Gasteiger partial charge is 0.392 e. The molecule has 9 rings (SSSR count). The number of nitrogen functional groups attached to an aromatic ring is 1. The molecule has 0 radical (unpaired) electrons. The maximum Gasteiger partial charge on any atom is 0.264 e. The van der Waals surface area contributed by atoms with Crippen molar-refractivity contribution in [2.45, 2.75) is 96.2 Å². The first kappa shape index (κ1) is 50.0. The molecule has 0 aliphatic carbocycles. The summed E-state index contributed by atoms with van der Waals surface area (Å²) >= 11 is 0. The number of ether oxygens (including phenoxy) is 3. The normalized spacial score (nSPS) is 16.5. The predicted octanol–water partition coefficient (Wildman–Crippen LogP) is 8.62. The summed E-state index contributed by atoms with van der Waals surface area (Å²) in [6.07, 6.45) is 7.02. The zero-order valence-electron chi connectivity index (χ0n) is 39.8. The highest BCUT2D eigenvalue weighted by Gasteiger charge is 2.29. The van der Waals surface area contributed by atoms with Crippen molar-refractivity contribution in [3.63, 3.8) is 0 Å². The summed E-state index contributed by atoms with van der Waals surface area (Å²) in [6.45, 7) is 17.4. The number of nitrogens with zero attached hydrogens (tertiary/aromatic N) is 6. The Morgan fingerprint density at radius 2 is 1.37 bits per heavy atom. The van der Waals surface area contributed by atoms with Crippen LogP contribution in [-0.2, 0) is 61.3 Å². The van der Waals surface area contributed by atoms with Crippen molar-refractivity contribution < 1.29 is 31.9 Å². The highest BCUT2D eigenvalue weighted by Crippen LogP contribution is 2.32. The summed E-state index contributed by atoms with van der Waals surface area (Å²) in [4.78, 5) is 0.988. The quantitative estimate of drug-likeness (QED) is 0.0959. The molecule has 3 aliphatic rings. The standard InChI is InChI=1S/C25H31N3O3S.C24H32N4O4S.C2H6/c1-2-19-3-5-23(6-4-19)28(16-21-17-31-18-21)32(29)24-7-8-25-22(13-24)14-26-27(25)15-20-9-11-30-12-10-20;1-17(2)14-28(20-5-3-19(16-29)4-6-20)33(30,31)21-7-8-23-22(13-21)24(25)26-27(23)15-18-9-11-32-12-10-18;1-2/h3-8,13-14,20-21H,2,9-12,15-18H2,1H3;3-8,13,17-18,29H,9-12,14-16H2,1-2H3,(H2,25,26);1-2H3. The molecular weight excluding hydrogens is 887 g/mol. The fraction of sp³-hybridized carbons (Fsp3) is 0.490. The monoisotopic (exact) mass is 955 g/mol. The van der Waals surface area contributed by atoms with Gasteiger partial charge in [0.25, 0.3) is 10.0 Å². The van der Waals surface area contributed by atoms with Crippen LogP contribution in [0.25, 0.3) is 21.8 Å². The van der Waals surface area contributed by atoms with Crippen LogP contribution in [0, 0.1) is 23.7 Å². The number of benzene rings is 4. The Bertz CT molecular complexity index is 2640. The number of fused-ring (bicyclic) bond motifs is 2. The van der Waals surface area contributed by atoms with Crippen molar-refractivity contribution in [3.05, 3.63) is 102 Å². The molecule has 0 amide bonds. The Balaban J connectivity index is 0.000000192. The Labute approximate surface area is 399 Å². The third-order valence-corrected chi connectivity index (χ3v) is 15.8. The lowest BCUT2D eigenvalue weighted by Crippen LogP contribution is -2.40. The van der Waals surface area contributed by atoms with E-state index in [-0.39, 0.29) is 17.4 Å². The molecule has 1 unspecified atom stereocenters. The first-order valence-electron chi connectivity index (χ1n) is 24.0. The lowest BCUT2D eigenvalue weighted by atomic mass is 10.0. The molecule has 3 N–H and O–H groups in total. The molecule has 67 heavy (non-hydrogen) atoms. The first-order valence-corrected chi connectivity index (χ1v) is 26.5. The van der Waals surface area contributed by atoms with Crippen LogP contribution in [0.4, 0.5) is 17.2 Å². The van der Waals surface area contributed by atoms with Crippen molar-refractivity contribution in [2.75, 3.05) is 67.1 Å². The van der Waals surface area contributed by atoms with E-state index in [1.807, 2.05) is 55.0 Å². The second-order valence-electron chi connectivity index (χ2n) is 17.9. The molecule has 3 saturated heterocycles. The van der Waals surface area contributed by atoms with Gasteiger partial charge in [-0.25, -0.2) is 12.6 Å². The maximum absolute atomic E-state index is 13.7. The summed E-state index contributed by atoms with van der Waals surface area (Å²) in [5, 5.41) is 20.1. The van der Waals surface area contributed by atoms with Crippen LogP contribution in [-0.4, -0.2) is 90.0 Å². The van der Waals surface area contributed by atoms with Crippen molar-refractivity contribution in [1.82, 2.24) is 19.6 Å². The van der Waals surface area contributed by atoms with Gasteiger partial charge in [-0.05, 0) is 122 Å². The van der Waals surface area contributed by atoms with E-state index in [1.54, 1.807) is 42.5 Å². The van der Waals surface area contributed by atoms with Gasteiger partial charge >= 0.3 is 0 Å². The predicted molar refractivity (Wildman–Crippen MR) is 268 cm³/mol. The van der Waals surface area contributed by atoms with Crippen LogP contribution in [0.3, 0.4) is 0 Å². The van der Waals surface area contributed by atoms with Gasteiger partial charge < -0.3 is 25.1 Å². The average Bonchev–Trinajstić information content (AvgIpc) is 3.89. The summed E-state index contributed by atoms with van der Waals surface area (Å²) in [6, 6.07) is 26.5. The average molecular weight is 956 g/mol. The lowest BCUT2D eigenvalue weighted by Gasteiger charge is -2.32. The number of sulfonamides is 1. The third-order valence-electron chi connectivity index (χ3n) is 12.6. The van der Waals surface area contributed by atoms with E-state index in [2.05, 4.69) is 52.1 Å². The van der Waals surface area contributed by atoms with Gasteiger partial charge in [0.1, 0.15) is 0 Å². The molecule has 0 spiro atoms. The molecule has 3 fully saturated rings. The zero-order valence-corrected chi connectivity index (χ0v) is 41.4.